The molecule has 0 aromatic carbocycles. The highest BCUT2D eigenvalue weighted by Crippen LogP contribution is 2.26. The number of unbranched alkanes of at least 4 members (excludes halogenated alkanes) is 3. The molecule has 7 aliphatic rings. The van der Waals surface area contributed by atoms with E-state index in [2.05, 4.69) is 20.8 Å². The van der Waals surface area contributed by atoms with Gasteiger partial charge in [-0.25, -0.2) is 0 Å². The summed E-state index contributed by atoms with van der Waals surface area (Å²) >= 11 is 0. The maximum Gasteiger partial charge on any atom is 0.104 e. The number of ether oxygens (including phenoxy) is 14. The van der Waals surface area contributed by atoms with Gasteiger partial charge in [0.05, 0.1) is 126 Å². The summed E-state index contributed by atoms with van der Waals surface area (Å²) in [6.45, 7) is 22.5. The Morgan fingerprint density at radius 1 is 0.385 bits per heavy atom. The molecule has 0 bridgehead atoms. The van der Waals surface area contributed by atoms with Gasteiger partial charge in [0, 0.05) is 24.0 Å². The van der Waals surface area contributed by atoms with E-state index in [1.807, 2.05) is 0 Å². The summed E-state index contributed by atoms with van der Waals surface area (Å²) in [4.78, 5) is 0. The van der Waals surface area contributed by atoms with E-state index in [0.29, 0.717) is 82.4 Å². The smallest absolute Gasteiger partial charge is 0.104 e. The monoisotopic (exact) mass is 748 g/mol. The van der Waals surface area contributed by atoms with Crippen molar-refractivity contribution in [2.45, 2.75) is 95.6 Å². The van der Waals surface area contributed by atoms with Gasteiger partial charge in [0.25, 0.3) is 0 Å². The molecule has 304 valence electrons. The van der Waals surface area contributed by atoms with Crippen LogP contribution in [0, 0.1) is 10.8 Å². The highest BCUT2D eigenvalue weighted by atomic mass is 16.6. The molecule has 7 heterocycles. The molecule has 7 atom stereocenters. The first-order chi connectivity index (χ1) is 25.4. The van der Waals surface area contributed by atoms with Gasteiger partial charge in [0.1, 0.15) is 42.7 Å². The molecular weight excluding hydrogens is 680 g/mol. The lowest BCUT2D eigenvalue weighted by Crippen LogP contribution is -2.38. The molecule has 7 saturated heterocycles. The minimum absolute atomic E-state index is 0.0732. The molecule has 0 radical (unpaired) electrons. The van der Waals surface area contributed by atoms with E-state index in [9.17, 15) is 0 Å². The third kappa shape index (κ3) is 22.7. The summed E-state index contributed by atoms with van der Waals surface area (Å²) in [5.74, 6) is 0. The molecular formula is C38H68O14. The standard InChI is InChI=1S/C15H26O6.C12H22O4.C11H20O4/c1-2-15(9-16-3-12-6-19-12,10-17-4-13-7-20-13)11-18-5-14-8-21-14;1(3-5-13-7-11-9-15-11)2-4-6-14-8-12-10-16-12;1-11(2,7-12-3-9-5-14-9)8-13-4-10-6-15-10/h12-14H,2-11H2,1H3;11-12H,1-10H2;9-10H,3-8H2,1-2H3. The first-order valence-corrected chi connectivity index (χ1v) is 19.8. The largest absolute Gasteiger partial charge is 0.379 e. The van der Waals surface area contributed by atoms with Crippen LogP contribution in [0.3, 0.4) is 0 Å². The van der Waals surface area contributed by atoms with Crippen LogP contribution in [0.4, 0.5) is 0 Å². The average Bonchev–Trinajstić information content (AvgIpc) is 3.91. The summed E-state index contributed by atoms with van der Waals surface area (Å²) in [5, 5.41) is 0. The predicted molar refractivity (Wildman–Crippen MR) is 189 cm³/mol. The van der Waals surface area contributed by atoms with Gasteiger partial charge in [-0.15, -0.1) is 0 Å². The highest BCUT2D eigenvalue weighted by molar-refractivity contribution is 4.81. The van der Waals surface area contributed by atoms with Crippen LogP contribution in [-0.4, -0.2) is 181 Å². The Morgan fingerprint density at radius 2 is 0.635 bits per heavy atom. The zero-order valence-corrected chi connectivity index (χ0v) is 32.1. The molecule has 0 N–H and O–H groups in total. The van der Waals surface area contributed by atoms with Gasteiger partial charge in [-0.1, -0.05) is 33.6 Å². The molecule has 0 saturated carbocycles. The molecule has 52 heavy (non-hydrogen) atoms. The number of hydrogen-bond acceptors (Lipinski definition) is 14. The van der Waals surface area contributed by atoms with Crippen LogP contribution in [0.2, 0.25) is 0 Å². The Kier molecular flexibility index (Phi) is 19.2. The third-order valence-corrected chi connectivity index (χ3v) is 9.23. The molecule has 7 fully saturated rings. The van der Waals surface area contributed by atoms with Crippen molar-refractivity contribution in [3.05, 3.63) is 0 Å². The fourth-order valence-corrected chi connectivity index (χ4v) is 4.97. The van der Waals surface area contributed by atoms with Crippen LogP contribution in [0.1, 0.15) is 52.9 Å². The summed E-state index contributed by atoms with van der Waals surface area (Å²) in [7, 11) is 0. The van der Waals surface area contributed by atoms with Crippen LogP contribution in [-0.2, 0) is 66.3 Å². The van der Waals surface area contributed by atoms with Crippen molar-refractivity contribution in [3.63, 3.8) is 0 Å². The Bertz CT molecular complexity index is 828. The topological polar surface area (TPSA) is 152 Å². The van der Waals surface area contributed by atoms with Crippen molar-refractivity contribution < 1.29 is 66.3 Å². The zero-order chi connectivity index (χ0) is 36.3. The van der Waals surface area contributed by atoms with E-state index in [-0.39, 0.29) is 10.8 Å². The van der Waals surface area contributed by atoms with E-state index >= 15 is 0 Å². The Balaban J connectivity index is 0.000000154. The minimum atomic E-state index is -0.0985. The first kappa shape index (κ1) is 42.6. The van der Waals surface area contributed by atoms with Crippen molar-refractivity contribution >= 4 is 0 Å². The number of rotatable bonds is 32. The lowest BCUT2D eigenvalue weighted by molar-refractivity contribution is -0.0762. The van der Waals surface area contributed by atoms with E-state index in [1.165, 1.54) is 12.8 Å². The summed E-state index contributed by atoms with van der Waals surface area (Å²) < 4.78 is 75.2. The van der Waals surface area contributed by atoms with Gasteiger partial charge in [0.2, 0.25) is 0 Å². The molecule has 0 aliphatic carbocycles. The van der Waals surface area contributed by atoms with Gasteiger partial charge in [-0.3, -0.25) is 0 Å². The Hall–Kier alpha value is -0.560. The fourth-order valence-electron chi connectivity index (χ4n) is 4.97. The second-order valence-electron chi connectivity index (χ2n) is 15.8. The number of epoxide rings is 7. The first-order valence-electron chi connectivity index (χ1n) is 19.8. The molecule has 14 nitrogen and oxygen atoms in total. The SMILES string of the molecule is C(CCCOCC1CO1)CCOCC1CO1.CC(C)(COCC1CO1)COCC1CO1.CCC(COCC1CO1)(COCC1CO1)COCC1CO1. The Labute approximate surface area is 311 Å². The molecule has 14 heteroatoms. The highest BCUT2D eigenvalue weighted by Gasteiger charge is 2.34. The van der Waals surface area contributed by atoms with Crippen LogP contribution in [0.5, 0.6) is 0 Å². The second-order valence-corrected chi connectivity index (χ2v) is 15.8. The lowest BCUT2D eigenvalue weighted by Gasteiger charge is -2.32. The zero-order valence-electron chi connectivity index (χ0n) is 32.1. The van der Waals surface area contributed by atoms with E-state index in [0.717, 1.165) is 118 Å². The molecule has 0 amide bonds. The maximum absolute atomic E-state index is 5.81. The maximum atomic E-state index is 5.81. The van der Waals surface area contributed by atoms with Gasteiger partial charge >= 0.3 is 0 Å². The predicted octanol–water partition coefficient (Wildman–Crippen LogP) is 2.85. The van der Waals surface area contributed by atoms with Crippen LogP contribution in [0.25, 0.3) is 0 Å². The van der Waals surface area contributed by atoms with E-state index < -0.39 is 0 Å². The van der Waals surface area contributed by atoms with Gasteiger partial charge in [0.15, 0.2) is 0 Å². The number of hydrogen-bond donors (Lipinski definition) is 0. The van der Waals surface area contributed by atoms with Crippen LogP contribution < -0.4 is 0 Å². The van der Waals surface area contributed by atoms with Crippen molar-refractivity contribution in [3.8, 4) is 0 Å². The quantitative estimate of drug-likeness (QED) is 0.0732. The molecule has 7 aliphatic heterocycles. The third-order valence-electron chi connectivity index (χ3n) is 9.23. The van der Waals surface area contributed by atoms with Crippen molar-refractivity contribution in [2.24, 2.45) is 10.8 Å². The minimum Gasteiger partial charge on any atom is -0.379 e. The Morgan fingerprint density at radius 3 is 0.885 bits per heavy atom. The molecule has 0 spiro atoms. The lowest BCUT2D eigenvalue weighted by atomic mass is 9.88. The van der Waals surface area contributed by atoms with Crippen molar-refractivity contribution in [2.75, 3.05) is 139 Å². The van der Waals surface area contributed by atoms with Crippen molar-refractivity contribution in [1.29, 1.82) is 0 Å². The molecule has 0 aromatic heterocycles. The second kappa shape index (κ2) is 23.5. The van der Waals surface area contributed by atoms with E-state index in [4.69, 9.17) is 66.3 Å². The van der Waals surface area contributed by atoms with Crippen LogP contribution in [0.15, 0.2) is 0 Å². The van der Waals surface area contributed by atoms with Gasteiger partial charge < -0.3 is 66.3 Å². The van der Waals surface area contributed by atoms with Crippen LogP contribution >= 0.6 is 0 Å². The molecule has 0 aromatic rings. The molecule has 7 unspecified atom stereocenters. The van der Waals surface area contributed by atoms with E-state index in [1.54, 1.807) is 0 Å². The fraction of sp³-hybridized carbons (Fsp3) is 1.00. The normalized spacial score (nSPS) is 29.9. The summed E-state index contributed by atoms with van der Waals surface area (Å²) in [6.07, 6.45) is 8.10. The van der Waals surface area contributed by atoms with Crippen molar-refractivity contribution in [1.82, 2.24) is 0 Å². The van der Waals surface area contributed by atoms with Gasteiger partial charge in [-0.2, -0.15) is 0 Å². The summed E-state index contributed by atoms with van der Waals surface area (Å²) in [5.41, 5.74) is -0.0253. The van der Waals surface area contributed by atoms with Gasteiger partial charge in [-0.05, 0) is 19.3 Å². The average molecular weight is 749 g/mol. The summed E-state index contributed by atoms with van der Waals surface area (Å²) in [6, 6.07) is 0. The molecule has 7 rings (SSSR count).